The Bertz CT molecular complexity index is 323. The van der Waals surface area contributed by atoms with E-state index in [0.29, 0.717) is 5.59 Å². The minimum atomic E-state index is -0.0971. The summed E-state index contributed by atoms with van der Waals surface area (Å²) in [6.45, 7) is 4.26. The number of thiol groups is 1. The van der Waals surface area contributed by atoms with E-state index < -0.39 is 0 Å². The van der Waals surface area contributed by atoms with Gasteiger partial charge in [-0.15, -0.1) is 0 Å². The molecule has 0 aliphatic rings. The number of hydrogen-bond donors (Lipinski definition) is 1. The third kappa shape index (κ3) is 4.69. The largest absolute Gasteiger partial charge is 1.00 e. The molecule has 5 heteroatoms. The molecule has 1 aromatic heterocycles. The van der Waals surface area contributed by atoms with Crippen LogP contribution in [0, 0.1) is 7.43 Å². The molecule has 1 heterocycles. The van der Waals surface area contributed by atoms with Gasteiger partial charge in [-0.1, -0.05) is 19.7 Å². The van der Waals surface area contributed by atoms with Crippen LogP contribution in [0.1, 0.15) is 25.8 Å². The summed E-state index contributed by atoms with van der Waals surface area (Å²) >= 11 is 4.38. The standard InChI is InChI=1S/C10H15BN2S.CH3.Cs/c1-4-10(2,13(3)14)8-5-6-12-9(11)7-8;;/h5-7,14H,4H2,1-3H3;1H3;/q;-1;+1/t10-;;/m0../s1. The molecular formula is C11H18BCsN2S. The number of rotatable bonds is 3. The molecule has 16 heavy (non-hydrogen) atoms. The van der Waals surface area contributed by atoms with Crippen LogP contribution in [0.2, 0.25) is 0 Å². The van der Waals surface area contributed by atoms with Crippen molar-refractivity contribution in [2.24, 2.45) is 0 Å². The molecule has 2 radical (unpaired) electrons. The van der Waals surface area contributed by atoms with Gasteiger partial charge in [0, 0.05) is 6.20 Å². The third-order valence-electron chi connectivity index (χ3n) is 2.81. The molecule has 2 nitrogen and oxygen atoms in total. The zero-order valence-corrected chi connectivity index (χ0v) is 18.0. The smallest absolute Gasteiger partial charge is 0.358 e. The summed E-state index contributed by atoms with van der Waals surface area (Å²) in [4.78, 5) is 3.98. The van der Waals surface area contributed by atoms with Crippen LogP contribution < -0.4 is 74.5 Å². The van der Waals surface area contributed by atoms with E-state index in [-0.39, 0.29) is 81.9 Å². The summed E-state index contributed by atoms with van der Waals surface area (Å²) in [6.07, 6.45) is 2.70. The Morgan fingerprint density at radius 3 is 2.50 bits per heavy atom. The van der Waals surface area contributed by atoms with E-state index in [0.717, 1.165) is 12.0 Å². The fourth-order valence-electron chi connectivity index (χ4n) is 1.40. The average Bonchev–Trinajstić information content (AvgIpc) is 2.16. The molecule has 0 aliphatic carbocycles. The summed E-state index contributed by atoms with van der Waals surface area (Å²) in [5.41, 5.74) is 1.60. The summed E-state index contributed by atoms with van der Waals surface area (Å²) in [5.74, 6) is 0. The van der Waals surface area contributed by atoms with Crippen LogP contribution in [0.25, 0.3) is 0 Å². The topological polar surface area (TPSA) is 16.1 Å². The van der Waals surface area contributed by atoms with Crippen LogP contribution in [0.4, 0.5) is 0 Å². The van der Waals surface area contributed by atoms with Crippen LogP contribution in [-0.2, 0) is 5.54 Å². The van der Waals surface area contributed by atoms with Crippen molar-refractivity contribution in [2.75, 3.05) is 7.05 Å². The fourth-order valence-corrected chi connectivity index (χ4v) is 1.66. The zero-order valence-electron chi connectivity index (χ0n) is 10.9. The SMILES string of the molecule is [B]c1cc([C@](C)(CC)N(C)S)ccn1.[CH3-].[Cs+]. The van der Waals surface area contributed by atoms with Gasteiger partial charge in [-0.3, -0.25) is 4.98 Å². The van der Waals surface area contributed by atoms with E-state index >= 15 is 0 Å². The van der Waals surface area contributed by atoms with E-state index in [4.69, 9.17) is 7.85 Å². The van der Waals surface area contributed by atoms with E-state index in [2.05, 4.69) is 31.6 Å². The summed E-state index contributed by atoms with van der Waals surface area (Å²) in [7, 11) is 7.60. The van der Waals surface area contributed by atoms with Crippen LogP contribution in [-0.4, -0.2) is 24.2 Å². The van der Waals surface area contributed by atoms with Gasteiger partial charge in [0.2, 0.25) is 0 Å². The van der Waals surface area contributed by atoms with Crippen LogP contribution >= 0.6 is 12.8 Å². The molecule has 0 N–H and O–H groups in total. The molecule has 1 atom stereocenters. The first-order valence-corrected chi connectivity index (χ1v) is 5.05. The first kappa shape index (κ1) is 19.9. The van der Waals surface area contributed by atoms with E-state index in [1.807, 2.05) is 23.5 Å². The summed E-state index contributed by atoms with van der Waals surface area (Å²) < 4.78 is 1.90. The number of aromatic nitrogens is 1. The van der Waals surface area contributed by atoms with Crippen LogP contribution in [0.5, 0.6) is 0 Å². The van der Waals surface area contributed by atoms with Crippen molar-refractivity contribution in [1.82, 2.24) is 9.29 Å². The number of pyridine rings is 1. The first-order chi connectivity index (χ1) is 6.50. The quantitative estimate of drug-likeness (QED) is 0.414. The predicted molar refractivity (Wildman–Crippen MR) is 70.4 cm³/mol. The van der Waals surface area contributed by atoms with Gasteiger partial charge >= 0.3 is 68.9 Å². The molecule has 0 amide bonds. The summed E-state index contributed by atoms with van der Waals surface area (Å²) in [6, 6.07) is 3.88. The van der Waals surface area contributed by atoms with Gasteiger partial charge in [-0.2, -0.15) is 0 Å². The van der Waals surface area contributed by atoms with Crippen molar-refractivity contribution in [3.05, 3.63) is 31.3 Å². The van der Waals surface area contributed by atoms with Crippen molar-refractivity contribution in [2.45, 2.75) is 25.8 Å². The van der Waals surface area contributed by atoms with Gasteiger partial charge in [0.05, 0.1) is 5.54 Å². The normalized spacial score (nSPS) is 13.6. The minimum Gasteiger partial charge on any atom is -0.358 e. The maximum absolute atomic E-state index is 5.66. The van der Waals surface area contributed by atoms with Crippen molar-refractivity contribution < 1.29 is 68.9 Å². The van der Waals surface area contributed by atoms with E-state index in [1.54, 1.807) is 6.20 Å². The average molecular weight is 354 g/mol. The van der Waals surface area contributed by atoms with E-state index in [1.165, 1.54) is 0 Å². The number of nitrogens with zero attached hydrogens (tertiary/aromatic N) is 2. The third-order valence-corrected chi connectivity index (χ3v) is 3.25. The Morgan fingerprint density at radius 2 is 2.12 bits per heavy atom. The second kappa shape index (κ2) is 8.64. The van der Waals surface area contributed by atoms with Crippen LogP contribution in [0.3, 0.4) is 0 Å². The molecule has 1 aromatic rings. The first-order valence-electron chi connectivity index (χ1n) is 4.65. The molecule has 0 spiro atoms. The molecule has 0 unspecified atom stereocenters. The molecule has 0 aliphatic heterocycles. The Labute approximate surface area is 165 Å². The summed E-state index contributed by atoms with van der Waals surface area (Å²) in [5, 5.41) is 0. The molecule has 82 valence electrons. The molecule has 1 rings (SSSR count). The number of hydrogen-bond acceptors (Lipinski definition) is 3. The predicted octanol–water partition coefficient (Wildman–Crippen LogP) is -1.27. The van der Waals surface area contributed by atoms with Crippen molar-refractivity contribution in [3.8, 4) is 0 Å². The van der Waals surface area contributed by atoms with Crippen molar-refractivity contribution in [3.63, 3.8) is 0 Å². The molecule has 0 saturated heterocycles. The molecule has 0 saturated carbocycles. The van der Waals surface area contributed by atoms with Gasteiger partial charge < -0.3 is 7.43 Å². The van der Waals surface area contributed by atoms with Gasteiger partial charge in [-0.25, -0.2) is 4.31 Å². The maximum Gasteiger partial charge on any atom is 1.00 e. The fraction of sp³-hybridized carbons (Fsp3) is 0.455. The Morgan fingerprint density at radius 1 is 1.56 bits per heavy atom. The Kier molecular flexibility index (Phi) is 10.7. The van der Waals surface area contributed by atoms with Crippen molar-refractivity contribution in [1.29, 1.82) is 0 Å². The maximum atomic E-state index is 5.66. The Hall–Kier alpha value is 1.58. The minimum absolute atomic E-state index is 0. The van der Waals surface area contributed by atoms with Gasteiger partial charge in [-0.05, 0) is 43.7 Å². The molecular weight excluding hydrogens is 336 g/mol. The van der Waals surface area contributed by atoms with Gasteiger partial charge in [0.15, 0.2) is 0 Å². The van der Waals surface area contributed by atoms with Crippen molar-refractivity contribution >= 4 is 26.3 Å². The van der Waals surface area contributed by atoms with E-state index in [9.17, 15) is 0 Å². The van der Waals surface area contributed by atoms with Crippen LogP contribution in [0.15, 0.2) is 18.3 Å². The Balaban J connectivity index is 0. The molecule has 0 bridgehead atoms. The second-order valence-corrected chi connectivity index (χ2v) is 4.22. The molecule has 0 fully saturated rings. The van der Waals surface area contributed by atoms with Gasteiger partial charge in [0.25, 0.3) is 0 Å². The zero-order chi connectivity index (χ0) is 10.8. The molecule has 0 aromatic carbocycles. The second-order valence-electron chi connectivity index (χ2n) is 3.62. The van der Waals surface area contributed by atoms with Gasteiger partial charge in [0.1, 0.15) is 7.85 Å². The monoisotopic (exact) mass is 354 g/mol.